The van der Waals surface area contributed by atoms with Crippen LogP contribution >= 0.6 is 11.6 Å². The summed E-state index contributed by atoms with van der Waals surface area (Å²) in [6.45, 7) is 3.81. The number of carbonyl (C=O) groups excluding carboxylic acids is 2. The Morgan fingerprint density at radius 3 is 2.52 bits per heavy atom. The molecule has 0 bridgehead atoms. The summed E-state index contributed by atoms with van der Waals surface area (Å²) in [6, 6.07) is 12.3. The molecule has 2 aromatic rings. The van der Waals surface area contributed by atoms with Crippen molar-refractivity contribution in [3.05, 3.63) is 76.0 Å². The van der Waals surface area contributed by atoms with Crippen LogP contribution < -0.4 is 16.2 Å². The van der Waals surface area contributed by atoms with Gasteiger partial charge in [-0.25, -0.2) is 10.4 Å². The zero-order chi connectivity index (χ0) is 29.1. The van der Waals surface area contributed by atoms with Crippen molar-refractivity contribution in [2.45, 2.75) is 64.7 Å². The Morgan fingerprint density at radius 2 is 1.90 bits per heavy atom. The lowest BCUT2D eigenvalue weighted by Crippen LogP contribution is -2.58. The van der Waals surface area contributed by atoms with Gasteiger partial charge in [0, 0.05) is 23.7 Å². The molecule has 4 rings (SSSR count). The van der Waals surface area contributed by atoms with Crippen LogP contribution in [-0.4, -0.2) is 35.4 Å². The number of nitrogens with one attached hydrogen (secondary N) is 3. The van der Waals surface area contributed by atoms with Crippen molar-refractivity contribution < 1.29 is 22.8 Å². The largest absolute Gasteiger partial charge is 0.416 e. The molecule has 2 amide bonds. The van der Waals surface area contributed by atoms with E-state index in [0.717, 1.165) is 61.6 Å². The van der Waals surface area contributed by atoms with Crippen LogP contribution in [0.15, 0.2) is 59.8 Å². The topological polar surface area (TPSA) is 76.7 Å². The molecule has 1 heterocycles. The molecule has 2 aromatic carbocycles. The third-order valence-electron chi connectivity index (χ3n) is 7.74. The van der Waals surface area contributed by atoms with Crippen LogP contribution in [0.2, 0.25) is 5.02 Å². The van der Waals surface area contributed by atoms with Gasteiger partial charge in [-0.05, 0) is 55.9 Å². The minimum Gasteiger partial charge on any atom is -0.323 e. The summed E-state index contributed by atoms with van der Waals surface area (Å²) in [6.07, 6.45) is -0.0162. The van der Waals surface area contributed by atoms with E-state index in [0.29, 0.717) is 12.0 Å². The Balaban J connectivity index is 1.69. The molecule has 2 atom stereocenters. The third kappa shape index (κ3) is 6.29. The van der Waals surface area contributed by atoms with Gasteiger partial charge in [-0.3, -0.25) is 14.6 Å². The lowest BCUT2D eigenvalue weighted by molar-refractivity contribution is -0.139. The van der Waals surface area contributed by atoms with E-state index in [2.05, 4.69) is 30.0 Å². The van der Waals surface area contributed by atoms with Gasteiger partial charge in [-0.1, -0.05) is 62.2 Å². The van der Waals surface area contributed by atoms with Crippen molar-refractivity contribution in [2.24, 2.45) is 5.41 Å². The molecule has 7 nitrogen and oxygen atoms in total. The number of hydrazine groups is 2. The third-order valence-corrected chi connectivity index (χ3v) is 8.06. The molecule has 3 N–H and O–H groups in total. The minimum absolute atomic E-state index is 0.0315. The number of rotatable bonds is 7. The molecule has 40 heavy (non-hydrogen) atoms. The zero-order valence-corrected chi connectivity index (χ0v) is 23.6. The lowest BCUT2D eigenvalue weighted by atomic mass is 9.66. The molecule has 11 heteroatoms. The van der Waals surface area contributed by atoms with Gasteiger partial charge in [0.2, 0.25) is 5.91 Å². The van der Waals surface area contributed by atoms with E-state index >= 15 is 0 Å². The maximum Gasteiger partial charge on any atom is 0.416 e. The van der Waals surface area contributed by atoms with E-state index in [1.54, 1.807) is 0 Å². The number of hydrogen-bond acceptors (Lipinski definition) is 5. The molecule has 0 spiro atoms. The number of alkyl halides is 3. The molecular weight excluding hydrogens is 543 g/mol. The van der Waals surface area contributed by atoms with Crippen LogP contribution in [0.5, 0.6) is 0 Å². The number of anilines is 1. The van der Waals surface area contributed by atoms with Gasteiger partial charge in [-0.15, -0.1) is 0 Å². The summed E-state index contributed by atoms with van der Waals surface area (Å²) in [5.41, 5.74) is 7.90. The maximum atomic E-state index is 14.3. The molecule has 1 aliphatic heterocycles. The van der Waals surface area contributed by atoms with Crippen molar-refractivity contribution in [3.8, 4) is 0 Å². The van der Waals surface area contributed by atoms with Crippen molar-refractivity contribution in [1.82, 2.24) is 20.9 Å². The van der Waals surface area contributed by atoms with E-state index in [1.807, 2.05) is 42.4 Å². The highest BCUT2D eigenvalue weighted by molar-refractivity contribution is 6.33. The fourth-order valence-corrected chi connectivity index (χ4v) is 6.01. The van der Waals surface area contributed by atoms with E-state index in [4.69, 9.17) is 11.6 Å². The highest BCUT2D eigenvalue weighted by Crippen LogP contribution is 2.47. The van der Waals surface area contributed by atoms with Gasteiger partial charge in [0.15, 0.2) is 0 Å². The van der Waals surface area contributed by atoms with Gasteiger partial charge in [-0.2, -0.15) is 13.2 Å². The van der Waals surface area contributed by atoms with E-state index in [-0.39, 0.29) is 28.6 Å². The highest BCUT2D eigenvalue weighted by atomic mass is 35.5. The number of halogens is 4. The van der Waals surface area contributed by atoms with Crippen LogP contribution in [0.25, 0.3) is 0 Å². The number of nitrogens with zero attached hydrogens (tertiary/aromatic N) is 2. The Morgan fingerprint density at radius 1 is 1.18 bits per heavy atom. The first-order valence-electron chi connectivity index (χ1n) is 13.5. The van der Waals surface area contributed by atoms with Gasteiger partial charge in [0.25, 0.3) is 5.91 Å². The minimum atomic E-state index is -4.56. The van der Waals surface area contributed by atoms with Gasteiger partial charge in [0.05, 0.1) is 16.3 Å². The first kappa shape index (κ1) is 29.9. The van der Waals surface area contributed by atoms with Crippen molar-refractivity contribution in [2.75, 3.05) is 18.9 Å². The average molecular weight is 578 g/mol. The average Bonchev–Trinajstić information content (AvgIpc) is 2.91. The summed E-state index contributed by atoms with van der Waals surface area (Å²) < 4.78 is 39.2. The van der Waals surface area contributed by atoms with Crippen LogP contribution in [0, 0.1) is 5.41 Å². The van der Waals surface area contributed by atoms with E-state index in [1.165, 1.54) is 5.01 Å². The number of allylic oxidation sites excluding steroid dienone is 1. The SMILES string of the molecule is CCCC1(CC)CCCC2=C1C(=O)N(CC(=O)Nc1ccc(C(F)(F)F)cc1Cl)NC(c1ccccc1)N(C)N2. The van der Waals surface area contributed by atoms with Crippen molar-refractivity contribution in [3.63, 3.8) is 0 Å². The standard InChI is InChI=1S/C29H35ClF3N5O2/c1-4-15-28(5-2)16-9-12-23-25(28)27(40)38(36-26(37(3)35-23)19-10-7-6-8-11-19)18-24(39)34-22-14-13-20(17-21(22)30)29(31,32)33/h6-8,10-11,13-14,17,26,35-36H,4-5,9,12,15-16,18H2,1-3H3,(H,34,39). The van der Waals surface area contributed by atoms with Gasteiger partial charge < -0.3 is 10.7 Å². The second-order valence-corrected chi connectivity index (χ2v) is 10.8. The molecule has 0 aromatic heterocycles. The van der Waals surface area contributed by atoms with Crippen LogP contribution in [-0.2, 0) is 15.8 Å². The number of benzene rings is 2. The van der Waals surface area contributed by atoms with Gasteiger partial charge >= 0.3 is 6.18 Å². The van der Waals surface area contributed by atoms with Gasteiger partial charge in [0.1, 0.15) is 12.7 Å². The van der Waals surface area contributed by atoms with E-state index < -0.39 is 23.8 Å². The first-order chi connectivity index (χ1) is 19.0. The smallest absolute Gasteiger partial charge is 0.323 e. The molecule has 0 fully saturated rings. The number of hydrogen-bond donors (Lipinski definition) is 3. The van der Waals surface area contributed by atoms with Crippen LogP contribution in [0.4, 0.5) is 18.9 Å². The Bertz CT molecular complexity index is 1270. The molecule has 2 unspecified atom stereocenters. The molecular formula is C29H35ClF3N5O2. The molecule has 1 aliphatic carbocycles. The highest BCUT2D eigenvalue weighted by Gasteiger charge is 2.44. The molecule has 0 radical (unpaired) electrons. The van der Waals surface area contributed by atoms with Crippen molar-refractivity contribution in [1.29, 1.82) is 0 Å². The summed E-state index contributed by atoms with van der Waals surface area (Å²) >= 11 is 6.07. The maximum absolute atomic E-state index is 14.3. The zero-order valence-electron chi connectivity index (χ0n) is 22.9. The van der Waals surface area contributed by atoms with Crippen LogP contribution in [0.1, 0.15) is 69.7 Å². The molecule has 2 aliphatic rings. The molecule has 0 saturated heterocycles. The Kier molecular flexibility index (Phi) is 9.12. The monoisotopic (exact) mass is 577 g/mol. The predicted octanol–water partition coefficient (Wildman–Crippen LogP) is 6.41. The molecule has 0 saturated carbocycles. The fraction of sp³-hybridized carbons (Fsp3) is 0.448. The Hall–Kier alpha value is -3.08. The number of carbonyl (C=O) groups is 2. The van der Waals surface area contributed by atoms with Crippen molar-refractivity contribution >= 4 is 29.1 Å². The first-order valence-corrected chi connectivity index (χ1v) is 13.9. The lowest BCUT2D eigenvalue weighted by Gasteiger charge is -2.46. The second kappa shape index (κ2) is 12.2. The van der Waals surface area contributed by atoms with Crippen LogP contribution in [0.3, 0.4) is 0 Å². The summed E-state index contributed by atoms with van der Waals surface area (Å²) in [5.74, 6) is -0.888. The predicted molar refractivity (Wildman–Crippen MR) is 149 cm³/mol. The summed E-state index contributed by atoms with van der Waals surface area (Å²) in [7, 11) is 1.88. The van der Waals surface area contributed by atoms with E-state index in [9.17, 15) is 22.8 Å². The summed E-state index contributed by atoms with van der Waals surface area (Å²) in [5, 5.41) is 5.55. The molecule has 216 valence electrons. The number of amides is 2. The Labute approximate surface area is 237 Å². The normalized spacial score (nSPS) is 22.3. The quantitative estimate of drug-likeness (QED) is 0.354. The fourth-order valence-electron chi connectivity index (χ4n) is 5.78. The second-order valence-electron chi connectivity index (χ2n) is 10.4. The summed E-state index contributed by atoms with van der Waals surface area (Å²) in [4.78, 5) is 27.5.